The molecule has 0 aromatic heterocycles. The first kappa shape index (κ1) is 22.8. The highest BCUT2D eigenvalue weighted by Gasteiger charge is 2.35. The lowest BCUT2D eigenvalue weighted by molar-refractivity contribution is 0.238. The molecule has 0 radical (unpaired) electrons. The van der Waals surface area contributed by atoms with Crippen LogP contribution in [-0.2, 0) is 14.8 Å². The van der Waals surface area contributed by atoms with Gasteiger partial charge in [0.05, 0.1) is 0 Å². The van der Waals surface area contributed by atoms with Crippen LogP contribution < -0.4 is 9.46 Å². The van der Waals surface area contributed by atoms with Crippen molar-refractivity contribution in [3.8, 4) is 16.9 Å². The molecule has 30 heavy (non-hydrogen) atoms. The fourth-order valence-electron chi connectivity index (χ4n) is 3.68. The monoisotopic (exact) mass is 430 g/mol. The van der Waals surface area contributed by atoms with Crippen molar-refractivity contribution in [1.82, 2.24) is 9.62 Å². The van der Waals surface area contributed by atoms with Gasteiger partial charge in [-0.1, -0.05) is 43.3 Å². The van der Waals surface area contributed by atoms with Crippen LogP contribution in [0.2, 0.25) is 0 Å². The lowest BCUT2D eigenvalue weighted by atomic mass is 9.98. The van der Waals surface area contributed by atoms with Crippen LogP contribution in [0.1, 0.15) is 45.6 Å². The summed E-state index contributed by atoms with van der Waals surface area (Å²) in [5.74, 6) is 0.879. The quantitative estimate of drug-likeness (QED) is 0.607. The highest BCUT2D eigenvalue weighted by atomic mass is 32.2. The predicted molar refractivity (Wildman–Crippen MR) is 123 cm³/mol. The van der Waals surface area contributed by atoms with E-state index in [9.17, 15) is 8.42 Å². The highest BCUT2D eigenvalue weighted by molar-refractivity contribution is 7.90. The molecular weight excluding hydrogens is 396 g/mol. The molecule has 0 amide bonds. The highest BCUT2D eigenvalue weighted by Crippen LogP contribution is 2.31. The van der Waals surface area contributed by atoms with Crippen molar-refractivity contribution in [2.75, 3.05) is 32.8 Å². The third-order valence-electron chi connectivity index (χ3n) is 5.86. The second kappa shape index (κ2) is 9.94. The molecule has 1 saturated heterocycles. The summed E-state index contributed by atoms with van der Waals surface area (Å²) in [6, 6.07) is 15.9. The van der Waals surface area contributed by atoms with Crippen LogP contribution in [-0.4, -0.2) is 46.1 Å². The minimum Gasteiger partial charge on any atom is -0.492 e. The predicted octanol–water partition coefficient (Wildman–Crippen LogP) is 4.39. The largest absolute Gasteiger partial charge is 0.492 e. The molecule has 5 nitrogen and oxygen atoms in total. The molecule has 1 N–H and O–H groups in total. The maximum absolute atomic E-state index is 12.6. The van der Waals surface area contributed by atoms with Gasteiger partial charge in [-0.25, -0.2) is 13.1 Å². The van der Waals surface area contributed by atoms with Crippen LogP contribution in [0.25, 0.3) is 11.1 Å². The van der Waals surface area contributed by atoms with Gasteiger partial charge in [-0.15, -0.1) is 0 Å². The van der Waals surface area contributed by atoms with Crippen molar-refractivity contribution in [1.29, 1.82) is 0 Å². The molecular formula is C24H34N2O3S. The molecule has 6 heteroatoms. The van der Waals surface area contributed by atoms with Gasteiger partial charge < -0.3 is 4.74 Å². The van der Waals surface area contributed by atoms with Gasteiger partial charge in [0, 0.05) is 13.1 Å². The summed E-state index contributed by atoms with van der Waals surface area (Å²) < 4.78 is 32.9. The Morgan fingerprint density at radius 2 is 1.53 bits per heavy atom. The lowest BCUT2D eigenvalue weighted by Crippen LogP contribution is -2.39. The van der Waals surface area contributed by atoms with E-state index in [0.717, 1.165) is 35.4 Å². The Labute approximate surface area is 181 Å². The SMILES string of the molecule is CCCNS(=O)(=O)C(C)(C)c1ccc(-c2ccc(OCCN3CCCC3)cc2)cc1. The van der Waals surface area contributed by atoms with Gasteiger partial charge in [0.25, 0.3) is 0 Å². The van der Waals surface area contributed by atoms with Crippen molar-refractivity contribution in [3.05, 3.63) is 54.1 Å². The molecule has 0 unspecified atom stereocenters. The summed E-state index contributed by atoms with van der Waals surface area (Å²) in [5, 5.41) is 0. The third kappa shape index (κ3) is 5.42. The van der Waals surface area contributed by atoms with E-state index in [1.807, 2.05) is 55.5 Å². The molecule has 0 bridgehead atoms. The third-order valence-corrected chi connectivity index (χ3v) is 8.02. The molecule has 0 aliphatic carbocycles. The van der Waals surface area contributed by atoms with Crippen molar-refractivity contribution in [3.63, 3.8) is 0 Å². The number of ether oxygens (including phenoxy) is 1. The molecule has 1 fully saturated rings. The summed E-state index contributed by atoms with van der Waals surface area (Å²) in [6.07, 6.45) is 3.36. The Bertz CT molecular complexity index is 900. The summed E-state index contributed by atoms with van der Waals surface area (Å²) in [7, 11) is -3.44. The lowest BCUT2D eigenvalue weighted by Gasteiger charge is -2.26. The van der Waals surface area contributed by atoms with Crippen LogP contribution >= 0.6 is 0 Å². The molecule has 1 aliphatic heterocycles. The zero-order valence-corrected chi connectivity index (χ0v) is 19.2. The summed E-state index contributed by atoms with van der Waals surface area (Å²) in [5.41, 5.74) is 2.91. The summed E-state index contributed by atoms with van der Waals surface area (Å²) in [6.45, 7) is 9.96. The van der Waals surface area contributed by atoms with Crippen LogP contribution in [0.5, 0.6) is 5.75 Å². The second-order valence-electron chi connectivity index (χ2n) is 8.41. The molecule has 0 spiro atoms. The van der Waals surface area contributed by atoms with E-state index in [-0.39, 0.29) is 0 Å². The van der Waals surface area contributed by atoms with Crippen LogP contribution in [0, 0.1) is 0 Å². The minimum absolute atomic E-state index is 0.455. The zero-order chi connectivity index (χ0) is 21.6. The average molecular weight is 431 g/mol. The standard InChI is InChI=1S/C24H34N2O3S/c1-4-15-25-30(27,28)24(2,3)22-11-7-20(8-12-22)21-9-13-23(14-10-21)29-19-18-26-16-5-6-17-26/h7-14,25H,4-6,15-19H2,1-3H3. The number of rotatable bonds is 10. The Hall–Kier alpha value is -1.89. The van der Waals surface area contributed by atoms with E-state index in [1.165, 1.54) is 25.9 Å². The van der Waals surface area contributed by atoms with E-state index in [1.54, 1.807) is 13.8 Å². The summed E-state index contributed by atoms with van der Waals surface area (Å²) >= 11 is 0. The van der Waals surface area contributed by atoms with Gasteiger partial charge in [0.15, 0.2) is 0 Å². The normalized spacial score (nSPS) is 15.4. The second-order valence-corrected chi connectivity index (χ2v) is 10.7. The van der Waals surface area contributed by atoms with Crippen molar-refractivity contribution < 1.29 is 13.2 Å². The number of nitrogens with zero attached hydrogens (tertiary/aromatic N) is 1. The number of nitrogens with one attached hydrogen (secondary N) is 1. The zero-order valence-electron chi connectivity index (χ0n) is 18.4. The minimum atomic E-state index is -3.44. The van der Waals surface area contributed by atoms with Gasteiger partial charge in [-0.2, -0.15) is 0 Å². The van der Waals surface area contributed by atoms with Gasteiger partial charge in [0.1, 0.15) is 17.1 Å². The van der Waals surface area contributed by atoms with Gasteiger partial charge >= 0.3 is 0 Å². The average Bonchev–Trinajstić information content (AvgIpc) is 3.26. The summed E-state index contributed by atoms with van der Waals surface area (Å²) in [4.78, 5) is 2.44. The molecule has 0 saturated carbocycles. The fourth-order valence-corrected chi connectivity index (χ4v) is 4.96. The topological polar surface area (TPSA) is 58.6 Å². The first-order valence-corrected chi connectivity index (χ1v) is 12.4. The van der Waals surface area contributed by atoms with Gasteiger partial charge in [0.2, 0.25) is 10.0 Å². The van der Waals surface area contributed by atoms with E-state index in [2.05, 4.69) is 9.62 Å². The van der Waals surface area contributed by atoms with Gasteiger partial charge in [-0.05, 0) is 75.0 Å². The van der Waals surface area contributed by atoms with E-state index >= 15 is 0 Å². The maximum Gasteiger partial charge on any atom is 0.221 e. The van der Waals surface area contributed by atoms with Gasteiger partial charge in [-0.3, -0.25) is 4.90 Å². The fraction of sp³-hybridized carbons (Fsp3) is 0.500. The Morgan fingerprint density at radius 1 is 0.967 bits per heavy atom. The van der Waals surface area contributed by atoms with Crippen molar-refractivity contribution in [2.45, 2.75) is 44.8 Å². The Morgan fingerprint density at radius 3 is 2.10 bits per heavy atom. The van der Waals surface area contributed by atoms with E-state index in [4.69, 9.17) is 4.74 Å². The number of hydrogen-bond donors (Lipinski definition) is 1. The molecule has 0 atom stereocenters. The van der Waals surface area contributed by atoms with Crippen LogP contribution in [0.4, 0.5) is 0 Å². The molecule has 1 aliphatic rings. The first-order valence-electron chi connectivity index (χ1n) is 10.9. The number of likely N-dealkylation sites (tertiary alicyclic amines) is 1. The maximum atomic E-state index is 12.6. The molecule has 2 aromatic rings. The Kier molecular flexibility index (Phi) is 7.55. The molecule has 2 aromatic carbocycles. The van der Waals surface area contributed by atoms with E-state index in [0.29, 0.717) is 13.2 Å². The molecule has 3 rings (SSSR count). The van der Waals surface area contributed by atoms with Crippen molar-refractivity contribution in [2.24, 2.45) is 0 Å². The number of sulfonamides is 1. The van der Waals surface area contributed by atoms with Crippen LogP contribution in [0.15, 0.2) is 48.5 Å². The molecule has 164 valence electrons. The molecule has 1 heterocycles. The van der Waals surface area contributed by atoms with Crippen molar-refractivity contribution >= 4 is 10.0 Å². The first-order chi connectivity index (χ1) is 14.3. The number of hydrogen-bond acceptors (Lipinski definition) is 4. The number of benzene rings is 2. The smallest absolute Gasteiger partial charge is 0.221 e. The van der Waals surface area contributed by atoms with E-state index < -0.39 is 14.8 Å². The Balaban J connectivity index is 1.62. The van der Waals surface area contributed by atoms with Crippen LogP contribution in [0.3, 0.4) is 0 Å².